The SMILES string of the molecule is CSCCOC1C=CC(OCC(O)CNC(C)C)CC1. The van der Waals surface area contributed by atoms with Crippen molar-refractivity contribution in [2.45, 2.75) is 51.0 Å². The Morgan fingerprint density at radius 1 is 1.25 bits per heavy atom. The molecule has 0 aliphatic heterocycles. The maximum absolute atomic E-state index is 9.79. The van der Waals surface area contributed by atoms with Crippen LogP contribution in [-0.2, 0) is 9.47 Å². The molecule has 1 rings (SSSR count). The van der Waals surface area contributed by atoms with Gasteiger partial charge in [0.2, 0.25) is 0 Å². The zero-order chi connectivity index (χ0) is 14.8. The van der Waals surface area contributed by atoms with Gasteiger partial charge < -0.3 is 19.9 Å². The zero-order valence-corrected chi connectivity index (χ0v) is 13.7. The smallest absolute Gasteiger partial charge is 0.0898 e. The quantitative estimate of drug-likeness (QED) is 0.476. The van der Waals surface area contributed by atoms with E-state index in [9.17, 15) is 5.11 Å². The van der Waals surface area contributed by atoms with Crippen LogP contribution in [-0.4, -0.2) is 61.2 Å². The first-order valence-corrected chi connectivity index (χ1v) is 8.83. The molecule has 20 heavy (non-hydrogen) atoms. The summed E-state index contributed by atoms with van der Waals surface area (Å²) in [6.45, 7) is 5.89. The minimum absolute atomic E-state index is 0.115. The molecule has 3 atom stereocenters. The largest absolute Gasteiger partial charge is 0.389 e. The van der Waals surface area contributed by atoms with E-state index in [0.717, 1.165) is 25.2 Å². The molecule has 0 fully saturated rings. The summed E-state index contributed by atoms with van der Waals surface area (Å²) in [5.74, 6) is 1.04. The summed E-state index contributed by atoms with van der Waals surface area (Å²) in [5.41, 5.74) is 0. The molecule has 3 unspecified atom stereocenters. The van der Waals surface area contributed by atoms with Crippen molar-refractivity contribution in [2.75, 3.05) is 31.8 Å². The van der Waals surface area contributed by atoms with Crippen LogP contribution in [0.4, 0.5) is 0 Å². The van der Waals surface area contributed by atoms with Gasteiger partial charge in [-0.05, 0) is 19.1 Å². The summed E-state index contributed by atoms with van der Waals surface area (Å²) >= 11 is 1.80. The van der Waals surface area contributed by atoms with Gasteiger partial charge in [0.05, 0.1) is 31.5 Å². The summed E-state index contributed by atoms with van der Waals surface area (Å²) in [6.07, 6.45) is 8.10. The van der Waals surface area contributed by atoms with Gasteiger partial charge in [-0.25, -0.2) is 0 Å². The van der Waals surface area contributed by atoms with E-state index in [-0.39, 0.29) is 12.2 Å². The van der Waals surface area contributed by atoms with Crippen LogP contribution in [0.2, 0.25) is 0 Å². The van der Waals surface area contributed by atoms with Crippen molar-refractivity contribution in [3.05, 3.63) is 12.2 Å². The molecule has 0 aromatic rings. The van der Waals surface area contributed by atoms with Gasteiger partial charge in [-0.15, -0.1) is 0 Å². The third kappa shape index (κ3) is 8.27. The highest BCUT2D eigenvalue weighted by atomic mass is 32.2. The van der Waals surface area contributed by atoms with Gasteiger partial charge in [-0.2, -0.15) is 11.8 Å². The van der Waals surface area contributed by atoms with Crippen molar-refractivity contribution in [3.8, 4) is 0 Å². The van der Waals surface area contributed by atoms with Crippen molar-refractivity contribution in [2.24, 2.45) is 0 Å². The Morgan fingerprint density at radius 3 is 2.45 bits per heavy atom. The summed E-state index contributed by atoms with van der Waals surface area (Å²) in [6, 6.07) is 0.387. The van der Waals surface area contributed by atoms with Crippen LogP contribution in [0, 0.1) is 0 Å². The van der Waals surface area contributed by atoms with Gasteiger partial charge in [0, 0.05) is 18.3 Å². The maximum atomic E-state index is 9.79. The van der Waals surface area contributed by atoms with Crippen LogP contribution in [0.5, 0.6) is 0 Å². The normalized spacial score (nSPS) is 24.2. The van der Waals surface area contributed by atoms with Gasteiger partial charge in [-0.1, -0.05) is 26.0 Å². The van der Waals surface area contributed by atoms with E-state index in [1.165, 1.54) is 0 Å². The van der Waals surface area contributed by atoms with E-state index in [1.54, 1.807) is 11.8 Å². The van der Waals surface area contributed by atoms with Crippen LogP contribution in [0.3, 0.4) is 0 Å². The molecular weight excluding hydrogens is 274 g/mol. The summed E-state index contributed by atoms with van der Waals surface area (Å²) < 4.78 is 11.5. The molecule has 0 saturated carbocycles. The summed E-state index contributed by atoms with van der Waals surface area (Å²) in [4.78, 5) is 0. The molecule has 0 heterocycles. The highest BCUT2D eigenvalue weighted by Crippen LogP contribution is 2.17. The fraction of sp³-hybridized carbons (Fsp3) is 0.867. The Hall–Kier alpha value is -0.0700. The van der Waals surface area contributed by atoms with Gasteiger partial charge in [0.25, 0.3) is 0 Å². The lowest BCUT2D eigenvalue weighted by Crippen LogP contribution is -2.35. The molecule has 0 aromatic heterocycles. The molecule has 2 N–H and O–H groups in total. The molecular formula is C15H29NO3S. The predicted octanol–water partition coefficient (Wildman–Crippen LogP) is 1.83. The standard InChI is InChI=1S/C15H29NO3S/c1-12(2)16-10-13(17)11-19-15-6-4-14(5-7-15)18-8-9-20-3/h4,6,12-17H,5,7-11H2,1-3H3. The highest BCUT2D eigenvalue weighted by molar-refractivity contribution is 7.98. The van der Waals surface area contributed by atoms with Gasteiger partial charge in [0.1, 0.15) is 0 Å². The second-order valence-electron chi connectivity index (χ2n) is 5.45. The Balaban J connectivity index is 2.12. The first-order chi connectivity index (χ1) is 9.61. The molecule has 0 radical (unpaired) electrons. The third-order valence-corrected chi connectivity index (χ3v) is 3.73. The minimum Gasteiger partial charge on any atom is -0.389 e. The minimum atomic E-state index is -0.443. The molecule has 5 heteroatoms. The Bertz CT molecular complexity index is 274. The lowest BCUT2D eigenvalue weighted by atomic mass is 10.0. The highest BCUT2D eigenvalue weighted by Gasteiger charge is 2.17. The Morgan fingerprint density at radius 2 is 1.90 bits per heavy atom. The molecule has 0 aromatic carbocycles. The van der Waals surface area contributed by atoms with E-state index < -0.39 is 6.10 Å². The third-order valence-electron chi connectivity index (χ3n) is 3.16. The van der Waals surface area contributed by atoms with Crippen molar-refractivity contribution < 1.29 is 14.6 Å². The zero-order valence-electron chi connectivity index (χ0n) is 12.9. The monoisotopic (exact) mass is 303 g/mol. The molecule has 0 amide bonds. The lowest BCUT2D eigenvalue weighted by Gasteiger charge is -2.24. The molecule has 4 nitrogen and oxygen atoms in total. The van der Waals surface area contributed by atoms with Crippen molar-refractivity contribution in [3.63, 3.8) is 0 Å². The van der Waals surface area contributed by atoms with Crippen LogP contribution >= 0.6 is 11.8 Å². The van der Waals surface area contributed by atoms with E-state index >= 15 is 0 Å². The number of hydrogen-bond acceptors (Lipinski definition) is 5. The van der Waals surface area contributed by atoms with Crippen molar-refractivity contribution in [1.82, 2.24) is 5.32 Å². The maximum Gasteiger partial charge on any atom is 0.0898 e. The van der Waals surface area contributed by atoms with E-state index in [0.29, 0.717) is 19.2 Å². The van der Waals surface area contributed by atoms with Crippen LogP contribution < -0.4 is 5.32 Å². The number of aliphatic hydroxyl groups excluding tert-OH is 1. The molecule has 118 valence electrons. The van der Waals surface area contributed by atoms with E-state index in [2.05, 4.69) is 37.6 Å². The first kappa shape index (κ1) is 18.0. The second kappa shape index (κ2) is 10.6. The molecule has 0 bridgehead atoms. The van der Waals surface area contributed by atoms with Crippen LogP contribution in [0.1, 0.15) is 26.7 Å². The summed E-state index contributed by atoms with van der Waals surface area (Å²) in [5, 5.41) is 13.0. The van der Waals surface area contributed by atoms with Gasteiger partial charge in [0.15, 0.2) is 0 Å². The number of aliphatic hydroxyl groups is 1. The molecule has 1 aliphatic carbocycles. The van der Waals surface area contributed by atoms with Crippen LogP contribution in [0.25, 0.3) is 0 Å². The number of thioether (sulfide) groups is 1. The Kier molecular flexibility index (Phi) is 9.55. The molecule has 0 saturated heterocycles. The molecule has 1 aliphatic rings. The van der Waals surface area contributed by atoms with Crippen LogP contribution in [0.15, 0.2) is 12.2 Å². The van der Waals surface area contributed by atoms with Gasteiger partial charge in [-0.3, -0.25) is 0 Å². The number of rotatable bonds is 10. The Labute approximate surface area is 127 Å². The average Bonchev–Trinajstić information content (AvgIpc) is 2.44. The number of ether oxygens (including phenoxy) is 2. The average molecular weight is 303 g/mol. The van der Waals surface area contributed by atoms with E-state index in [4.69, 9.17) is 9.47 Å². The fourth-order valence-electron chi connectivity index (χ4n) is 1.99. The number of nitrogens with one attached hydrogen (secondary N) is 1. The number of hydrogen-bond donors (Lipinski definition) is 2. The van der Waals surface area contributed by atoms with Crippen molar-refractivity contribution in [1.29, 1.82) is 0 Å². The predicted molar refractivity (Wildman–Crippen MR) is 85.4 cm³/mol. The first-order valence-electron chi connectivity index (χ1n) is 7.43. The fourth-order valence-corrected chi connectivity index (χ4v) is 2.26. The molecule has 0 spiro atoms. The topological polar surface area (TPSA) is 50.7 Å². The summed E-state index contributed by atoms with van der Waals surface area (Å²) in [7, 11) is 0. The van der Waals surface area contributed by atoms with Gasteiger partial charge >= 0.3 is 0 Å². The van der Waals surface area contributed by atoms with Crippen molar-refractivity contribution >= 4 is 11.8 Å². The lowest BCUT2D eigenvalue weighted by molar-refractivity contribution is -0.00583. The van der Waals surface area contributed by atoms with E-state index in [1.807, 2.05) is 0 Å². The second-order valence-corrected chi connectivity index (χ2v) is 6.44.